The van der Waals surface area contributed by atoms with Crippen molar-refractivity contribution in [2.75, 3.05) is 23.9 Å². The molecule has 1 N–H and O–H groups in total. The number of hydrogen-bond acceptors (Lipinski definition) is 4. The molecule has 0 saturated heterocycles. The number of nitrogens with zero attached hydrogens (tertiary/aromatic N) is 1. The Labute approximate surface area is 105 Å². The van der Waals surface area contributed by atoms with Gasteiger partial charge in [-0.05, 0) is 48.5 Å². The topological polar surface area (TPSA) is 24.9 Å². The molecule has 0 atom stereocenters. The van der Waals surface area contributed by atoms with Gasteiger partial charge in [-0.25, -0.2) is 0 Å². The summed E-state index contributed by atoms with van der Waals surface area (Å²) in [4.78, 5) is 0. The lowest BCUT2D eigenvalue weighted by Gasteiger charge is -2.02. The van der Waals surface area contributed by atoms with Crippen LogP contribution >= 0.6 is 23.3 Å². The third-order valence-corrected chi connectivity index (χ3v) is 3.98. The predicted octanol–water partition coefficient (Wildman–Crippen LogP) is 3.85. The molecule has 0 aliphatic rings. The first-order valence-corrected chi connectivity index (χ1v) is 7.66. The summed E-state index contributed by atoms with van der Waals surface area (Å²) in [7, 11) is 0. The third kappa shape index (κ3) is 2.89. The molecule has 1 aromatic carbocycles. The van der Waals surface area contributed by atoms with E-state index in [4.69, 9.17) is 0 Å². The largest absolute Gasteiger partial charge is 0.375 e. The monoisotopic (exact) mass is 252 g/mol. The molecule has 86 valence electrons. The lowest BCUT2D eigenvalue weighted by atomic mass is 10.2. The molecule has 0 spiro atoms. The van der Waals surface area contributed by atoms with E-state index in [0.717, 1.165) is 12.1 Å². The van der Waals surface area contributed by atoms with Crippen LogP contribution in [0.1, 0.15) is 12.8 Å². The van der Waals surface area contributed by atoms with Gasteiger partial charge in [-0.1, -0.05) is 12.1 Å². The minimum atomic E-state index is 1.05. The SMILES string of the molecule is CSCCCCNc1snc2ccccc12. The molecule has 1 heterocycles. The van der Waals surface area contributed by atoms with E-state index in [2.05, 4.69) is 34.1 Å². The number of aromatic nitrogens is 1. The minimum absolute atomic E-state index is 1.05. The lowest BCUT2D eigenvalue weighted by molar-refractivity contribution is 0.845. The second-order valence-corrected chi connectivity index (χ2v) is 5.41. The number of thioether (sulfide) groups is 1. The van der Waals surface area contributed by atoms with Crippen molar-refractivity contribution in [1.29, 1.82) is 0 Å². The van der Waals surface area contributed by atoms with E-state index in [1.165, 1.54) is 29.0 Å². The van der Waals surface area contributed by atoms with E-state index in [0.29, 0.717) is 0 Å². The molecule has 0 aliphatic heterocycles. The maximum Gasteiger partial charge on any atom is 0.117 e. The van der Waals surface area contributed by atoms with Crippen molar-refractivity contribution >= 4 is 39.2 Å². The first-order chi connectivity index (χ1) is 7.92. The Morgan fingerprint density at radius 3 is 3.06 bits per heavy atom. The number of hydrogen-bond donors (Lipinski definition) is 1. The Bertz CT molecular complexity index is 439. The number of unbranched alkanes of at least 4 members (excludes halogenated alkanes) is 1. The summed E-state index contributed by atoms with van der Waals surface area (Å²) in [6.45, 7) is 1.05. The summed E-state index contributed by atoms with van der Waals surface area (Å²) in [6.07, 6.45) is 4.67. The summed E-state index contributed by atoms with van der Waals surface area (Å²) in [5.74, 6) is 1.26. The number of fused-ring (bicyclic) bond motifs is 1. The molecule has 2 rings (SSSR count). The van der Waals surface area contributed by atoms with Gasteiger partial charge in [0.2, 0.25) is 0 Å². The van der Waals surface area contributed by atoms with Crippen LogP contribution in [0.3, 0.4) is 0 Å². The predicted molar refractivity (Wildman–Crippen MR) is 75.7 cm³/mol. The van der Waals surface area contributed by atoms with Crippen LogP contribution in [-0.4, -0.2) is 22.9 Å². The lowest BCUT2D eigenvalue weighted by Crippen LogP contribution is -2.00. The Kier molecular flexibility index (Phi) is 4.48. The van der Waals surface area contributed by atoms with Crippen LogP contribution in [0.5, 0.6) is 0 Å². The average molecular weight is 252 g/mol. The summed E-state index contributed by atoms with van der Waals surface area (Å²) in [6, 6.07) is 8.29. The molecule has 0 bridgehead atoms. The van der Waals surface area contributed by atoms with Crippen molar-refractivity contribution in [3.05, 3.63) is 24.3 Å². The zero-order chi connectivity index (χ0) is 11.2. The molecule has 0 amide bonds. The van der Waals surface area contributed by atoms with Crippen molar-refractivity contribution in [2.24, 2.45) is 0 Å². The second kappa shape index (κ2) is 6.11. The minimum Gasteiger partial charge on any atom is -0.375 e. The highest BCUT2D eigenvalue weighted by atomic mass is 32.2. The van der Waals surface area contributed by atoms with Crippen molar-refractivity contribution in [3.63, 3.8) is 0 Å². The zero-order valence-electron chi connectivity index (χ0n) is 9.40. The molecule has 4 heteroatoms. The van der Waals surface area contributed by atoms with Crippen LogP contribution < -0.4 is 5.32 Å². The van der Waals surface area contributed by atoms with Crippen LogP contribution in [-0.2, 0) is 0 Å². The number of nitrogens with one attached hydrogen (secondary N) is 1. The Morgan fingerprint density at radius 1 is 1.31 bits per heavy atom. The Balaban J connectivity index is 1.89. The van der Waals surface area contributed by atoms with E-state index < -0.39 is 0 Å². The van der Waals surface area contributed by atoms with E-state index >= 15 is 0 Å². The van der Waals surface area contributed by atoms with E-state index in [1.54, 1.807) is 11.5 Å². The fraction of sp³-hybridized carbons (Fsp3) is 0.417. The molecule has 0 aliphatic carbocycles. The number of rotatable bonds is 6. The van der Waals surface area contributed by atoms with E-state index in [-0.39, 0.29) is 0 Å². The molecule has 0 unspecified atom stereocenters. The van der Waals surface area contributed by atoms with E-state index in [9.17, 15) is 0 Å². The Morgan fingerprint density at radius 2 is 2.19 bits per heavy atom. The van der Waals surface area contributed by atoms with Crippen LogP contribution in [0.25, 0.3) is 10.9 Å². The fourth-order valence-electron chi connectivity index (χ4n) is 1.59. The van der Waals surface area contributed by atoms with Crippen LogP contribution in [0, 0.1) is 0 Å². The van der Waals surface area contributed by atoms with Gasteiger partial charge in [-0.3, -0.25) is 0 Å². The van der Waals surface area contributed by atoms with Crippen LogP contribution in [0.4, 0.5) is 5.00 Å². The average Bonchev–Trinajstić information content (AvgIpc) is 2.73. The summed E-state index contributed by atoms with van der Waals surface area (Å²) in [5, 5.41) is 5.93. The first kappa shape index (κ1) is 11.7. The van der Waals surface area contributed by atoms with Gasteiger partial charge in [0.25, 0.3) is 0 Å². The van der Waals surface area contributed by atoms with Crippen molar-refractivity contribution < 1.29 is 0 Å². The highest BCUT2D eigenvalue weighted by molar-refractivity contribution is 7.98. The molecule has 2 nitrogen and oxygen atoms in total. The summed E-state index contributed by atoms with van der Waals surface area (Å²) < 4.78 is 4.41. The maximum atomic E-state index is 4.41. The van der Waals surface area contributed by atoms with Gasteiger partial charge in [0.1, 0.15) is 5.00 Å². The van der Waals surface area contributed by atoms with Gasteiger partial charge in [0, 0.05) is 11.9 Å². The highest BCUT2D eigenvalue weighted by Gasteiger charge is 2.03. The van der Waals surface area contributed by atoms with Gasteiger partial charge >= 0.3 is 0 Å². The molecule has 2 aromatic rings. The molecule has 0 fully saturated rings. The molecular formula is C12H16N2S2. The van der Waals surface area contributed by atoms with Gasteiger partial charge in [-0.15, -0.1) is 0 Å². The molecule has 0 radical (unpaired) electrons. The van der Waals surface area contributed by atoms with Gasteiger partial charge < -0.3 is 5.32 Å². The zero-order valence-corrected chi connectivity index (χ0v) is 11.0. The van der Waals surface area contributed by atoms with E-state index in [1.807, 2.05) is 17.8 Å². The number of anilines is 1. The first-order valence-electron chi connectivity index (χ1n) is 5.49. The van der Waals surface area contributed by atoms with Gasteiger partial charge in [0.05, 0.1) is 5.52 Å². The Hall–Kier alpha value is -0.740. The maximum absolute atomic E-state index is 4.41. The second-order valence-electron chi connectivity index (χ2n) is 3.66. The molecular weight excluding hydrogens is 236 g/mol. The normalized spacial score (nSPS) is 10.8. The van der Waals surface area contributed by atoms with Crippen LogP contribution in [0.2, 0.25) is 0 Å². The van der Waals surface area contributed by atoms with Gasteiger partial charge in [0.15, 0.2) is 0 Å². The quantitative estimate of drug-likeness (QED) is 0.790. The summed E-state index contributed by atoms with van der Waals surface area (Å²) >= 11 is 3.47. The van der Waals surface area contributed by atoms with Crippen molar-refractivity contribution in [2.45, 2.75) is 12.8 Å². The standard InChI is InChI=1S/C12H16N2S2/c1-15-9-5-4-8-13-12-10-6-2-3-7-11(10)14-16-12/h2-3,6-7,13H,4-5,8-9H2,1H3. The molecule has 0 saturated carbocycles. The number of benzene rings is 1. The summed E-state index contributed by atoms with van der Waals surface area (Å²) in [5.41, 5.74) is 1.10. The van der Waals surface area contributed by atoms with Gasteiger partial charge in [-0.2, -0.15) is 16.1 Å². The molecule has 1 aromatic heterocycles. The highest BCUT2D eigenvalue weighted by Crippen LogP contribution is 2.27. The van der Waals surface area contributed by atoms with Crippen molar-refractivity contribution in [3.8, 4) is 0 Å². The third-order valence-electron chi connectivity index (χ3n) is 2.44. The van der Waals surface area contributed by atoms with Crippen LogP contribution in [0.15, 0.2) is 24.3 Å². The molecule has 16 heavy (non-hydrogen) atoms. The smallest absolute Gasteiger partial charge is 0.117 e. The fourth-order valence-corrected chi connectivity index (χ4v) is 2.87. The van der Waals surface area contributed by atoms with Crippen molar-refractivity contribution in [1.82, 2.24) is 4.37 Å².